The van der Waals surface area contributed by atoms with E-state index in [0.717, 1.165) is 0 Å². The van der Waals surface area contributed by atoms with E-state index >= 15 is 0 Å². The molecular formula is C12H14N2O5. The zero-order valence-electron chi connectivity index (χ0n) is 10.2. The summed E-state index contributed by atoms with van der Waals surface area (Å²) in [5, 5.41) is 21.9. The Balaban J connectivity index is 2.69. The Kier molecular flexibility index (Phi) is 5.01. The molecule has 0 fully saturated rings. The third-order valence-corrected chi connectivity index (χ3v) is 2.31. The normalized spacial score (nSPS) is 11.5. The summed E-state index contributed by atoms with van der Waals surface area (Å²) in [6, 6.07) is 4.06. The van der Waals surface area contributed by atoms with Crippen molar-refractivity contribution in [2.24, 2.45) is 0 Å². The highest BCUT2D eigenvalue weighted by Crippen LogP contribution is 2.10. The highest BCUT2D eigenvalue weighted by molar-refractivity contribution is 5.97. The van der Waals surface area contributed by atoms with E-state index in [4.69, 9.17) is 10.2 Å². The number of carboxylic acids is 1. The average Bonchev–Trinajstić information content (AvgIpc) is 2.35. The van der Waals surface area contributed by atoms with Gasteiger partial charge in [0.15, 0.2) is 11.8 Å². The largest absolute Gasteiger partial charge is 0.480 e. The SMILES string of the molecule is CC(=O)c1cccc(NC(=O)NC(CO)C(=O)O)c1. The molecule has 19 heavy (non-hydrogen) atoms. The van der Waals surface area contributed by atoms with Gasteiger partial charge < -0.3 is 20.8 Å². The van der Waals surface area contributed by atoms with Gasteiger partial charge in [-0.15, -0.1) is 0 Å². The minimum Gasteiger partial charge on any atom is -0.480 e. The quantitative estimate of drug-likeness (QED) is 0.578. The number of aliphatic hydroxyl groups is 1. The van der Waals surface area contributed by atoms with Crippen LogP contribution in [0.25, 0.3) is 0 Å². The number of urea groups is 1. The summed E-state index contributed by atoms with van der Waals surface area (Å²) in [4.78, 5) is 33.3. The Bertz CT molecular complexity index is 501. The van der Waals surface area contributed by atoms with Crippen LogP contribution in [-0.4, -0.2) is 40.6 Å². The van der Waals surface area contributed by atoms with Crippen LogP contribution in [0.1, 0.15) is 17.3 Å². The van der Waals surface area contributed by atoms with Gasteiger partial charge >= 0.3 is 12.0 Å². The average molecular weight is 266 g/mol. The van der Waals surface area contributed by atoms with Crippen molar-refractivity contribution in [1.29, 1.82) is 0 Å². The zero-order valence-corrected chi connectivity index (χ0v) is 10.2. The predicted octanol–water partition coefficient (Wildman–Crippen LogP) is 0.456. The molecule has 2 amide bonds. The number of carboxylic acid groups (broad SMARTS) is 1. The summed E-state index contributed by atoms with van der Waals surface area (Å²) >= 11 is 0. The molecular weight excluding hydrogens is 252 g/mol. The highest BCUT2D eigenvalue weighted by Gasteiger charge is 2.18. The van der Waals surface area contributed by atoms with Gasteiger partial charge in [-0.1, -0.05) is 12.1 Å². The fraction of sp³-hybridized carbons (Fsp3) is 0.250. The van der Waals surface area contributed by atoms with Gasteiger partial charge in [0.2, 0.25) is 0 Å². The van der Waals surface area contributed by atoms with Gasteiger partial charge in [-0.3, -0.25) is 4.79 Å². The van der Waals surface area contributed by atoms with Crippen molar-refractivity contribution in [2.75, 3.05) is 11.9 Å². The lowest BCUT2D eigenvalue weighted by molar-refractivity contribution is -0.140. The second kappa shape index (κ2) is 6.50. The number of nitrogens with one attached hydrogen (secondary N) is 2. The molecule has 1 rings (SSSR count). The molecule has 0 heterocycles. The van der Waals surface area contributed by atoms with Crippen molar-refractivity contribution in [3.05, 3.63) is 29.8 Å². The molecule has 0 aromatic heterocycles. The van der Waals surface area contributed by atoms with Crippen LogP contribution in [-0.2, 0) is 4.79 Å². The summed E-state index contributed by atoms with van der Waals surface area (Å²) in [7, 11) is 0. The molecule has 0 saturated carbocycles. The van der Waals surface area contributed by atoms with Crippen LogP contribution in [0.5, 0.6) is 0 Å². The van der Waals surface area contributed by atoms with Gasteiger partial charge in [0.05, 0.1) is 6.61 Å². The molecule has 0 radical (unpaired) electrons. The molecule has 0 aliphatic carbocycles. The van der Waals surface area contributed by atoms with Crippen molar-refractivity contribution in [2.45, 2.75) is 13.0 Å². The van der Waals surface area contributed by atoms with Gasteiger partial charge in [-0.25, -0.2) is 9.59 Å². The first kappa shape index (κ1) is 14.7. The Hall–Kier alpha value is -2.41. The molecule has 1 unspecified atom stereocenters. The molecule has 1 aromatic rings. The lowest BCUT2D eigenvalue weighted by Crippen LogP contribution is -2.45. The van der Waals surface area contributed by atoms with Crippen molar-refractivity contribution in [3.63, 3.8) is 0 Å². The van der Waals surface area contributed by atoms with Crippen LogP contribution >= 0.6 is 0 Å². The molecule has 0 spiro atoms. The van der Waals surface area contributed by atoms with Crippen LogP contribution in [0.15, 0.2) is 24.3 Å². The molecule has 0 bridgehead atoms. The maximum atomic E-state index is 11.5. The number of aliphatic carboxylic acids is 1. The fourth-order valence-corrected chi connectivity index (χ4v) is 1.33. The number of hydrogen-bond acceptors (Lipinski definition) is 4. The van der Waals surface area contributed by atoms with E-state index in [1.807, 2.05) is 0 Å². The summed E-state index contributed by atoms with van der Waals surface area (Å²) in [5.41, 5.74) is 0.780. The molecule has 102 valence electrons. The van der Waals surface area contributed by atoms with Gasteiger partial charge in [-0.05, 0) is 19.1 Å². The number of benzene rings is 1. The molecule has 4 N–H and O–H groups in total. The van der Waals surface area contributed by atoms with E-state index in [9.17, 15) is 14.4 Å². The Labute approximate surface area is 109 Å². The van der Waals surface area contributed by atoms with E-state index in [1.54, 1.807) is 18.2 Å². The first-order chi connectivity index (χ1) is 8.93. The number of hydrogen-bond donors (Lipinski definition) is 4. The van der Waals surface area contributed by atoms with Gasteiger partial charge in [0, 0.05) is 11.3 Å². The number of carbonyl (C=O) groups is 3. The van der Waals surface area contributed by atoms with Gasteiger partial charge in [0.25, 0.3) is 0 Å². The maximum absolute atomic E-state index is 11.5. The maximum Gasteiger partial charge on any atom is 0.328 e. The summed E-state index contributed by atoms with van der Waals surface area (Å²) in [5.74, 6) is -1.49. The lowest BCUT2D eigenvalue weighted by atomic mass is 10.1. The number of anilines is 1. The first-order valence-corrected chi connectivity index (χ1v) is 5.46. The number of amides is 2. The molecule has 0 saturated heterocycles. The predicted molar refractivity (Wildman–Crippen MR) is 67.1 cm³/mol. The third kappa shape index (κ3) is 4.40. The number of carbonyl (C=O) groups excluding carboxylic acids is 2. The fourth-order valence-electron chi connectivity index (χ4n) is 1.33. The van der Waals surface area contributed by atoms with Crippen LogP contribution in [0.3, 0.4) is 0 Å². The van der Waals surface area contributed by atoms with Crippen molar-refractivity contribution in [1.82, 2.24) is 5.32 Å². The van der Waals surface area contributed by atoms with E-state index in [1.165, 1.54) is 13.0 Å². The summed E-state index contributed by atoms with van der Waals surface area (Å²) in [6.07, 6.45) is 0. The third-order valence-electron chi connectivity index (χ3n) is 2.31. The first-order valence-electron chi connectivity index (χ1n) is 5.46. The van der Waals surface area contributed by atoms with Gasteiger partial charge in [0.1, 0.15) is 0 Å². The number of Topliss-reactive ketones (excluding diaryl/α,β-unsaturated/α-hetero) is 1. The minimum absolute atomic E-state index is 0.150. The topological polar surface area (TPSA) is 116 Å². The Morgan fingerprint density at radius 1 is 1.32 bits per heavy atom. The van der Waals surface area contributed by atoms with Crippen LogP contribution in [0.4, 0.5) is 10.5 Å². The Morgan fingerprint density at radius 3 is 2.53 bits per heavy atom. The monoisotopic (exact) mass is 266 g/mol. The van der Waals surface area contributed by atoms with Gasteiger partial charge in [-0.2, -0.15) is 0 Å². The molecule has 0 aliphatic heterocycles. The molecule has 7 nitrogen and oxygen atoms in total. The van der Waals surface area contributed by atoms with Crippen LogP contribution in [0, 0.1) is 0 Å². The number of ketones is 1. The van der Waals surface area contributed by atoms with E-state index < -0.39 is 24.6 Å². The molecule has 1 atom stereocenters. The zero-order chi connectivity index (χ0) is 14.4. The molecule has 7 heteroatoms. The minimum atomic E-state index is -1.38. The standard InChI is InChI=1S/C12H14N2O5/c1-7(16)8-3-2-4-9(5-8)13-12(19)14-10(6-15)11(17)18/h2-5,10,15H,6H2,1H3,(H,17,18)(H2,13,14,19). The number of aliphatic hydroxyl groups excluding tert-OH is 1. The smallest absolute Gasteiger partial charge is 0.328 e. The molecule has 1 aromatic carbocycles. The van der Waals surface area contributed by atoms with Crippen LogP contribution in [0.2, 0.25) is 0 Å². The lowest BCUT2D eigenvalue weighted by Gasteiger charge is -2.12. The van der Waals surface area contributed by atoms with Crippen molar-refractivity contribution in [3.8, 4) is 0 Å². The highest BCUT2D eigenvalue weighted by atomic mass is 16.4. The second-order valence-corrected chi connectivity index (χ2v) is 3.81. The van der Waals surface area contributed by atoms with Crippen molar-refractivity contribution >= 4 is 23.5 Å². The summed E-state index contributed by atoms with van der Waals surface area (Å²) in [6.45, 7) is 0.682. The van der Waals surface area contributed by atoms with Crippen molar-refractivity contribution < 1.29 is 24.6 Å². The van der Waals surface area contributed by atoms with E-state index in [2.05, 4.69) is 10.6 Å². The molecule has 0 aliphatic rings. The van der Waals surface area contributed by atoms with E-state index in [-0.39, 0.29) is 5.78 Å². The second-order valence-electron chi connectivity index (χ2n) is 3.81. The Morgan fingerprint density at radius 2 is 2.00 bits per heavy atom. The number of rotatable bonds is 5. The van der Waals surface area contributed by atoms with E-state index in [0.29, 0.717) is 11.3 Å². The van der Waals surface area contributed by atoms with Crippen LogP contribution < -0.4 is 10.6 Å². The summed E-state index contributed by atoms with van der Waals surface area (Å²) < 4.78 is 0.